The van der Waals surface area contributed by atoms with Crippen molar-refractivity contribution in [2.45, 2.75) is 12.6 Å². The van der Waals surface area contributed by atoms with Crippen molar-refractivity contribution in [3.05, 3.63) is 77.9 Å². The molecule has 0 aromatic heterocycles. The Labute approximate surface area is 149 Å². The second-order valence-electron chi connectivity index (χ2n) is 6.94. The van der Waals surface area contributed by atoms with E-state index in [0.717, 1.165) is 37.1 Å². The number of hydrogen-bond donors (Lipinski definition) is 1. The van der Waals surface area contributed by atoms with Gasteiger partial charge in [-0.25, -0.2) is 0 Å². The molecule has 1 heterocycles. The monoisotopic (exact) mass is 332 g/mol. The van der Waals surface area contributed by atoms with E-state index in [1.54, 1.807) is 0 Å². The summed E-state index contributed by atoms with van der Waals surface area (Å²) in [6, 6.07) is 23.2. The van der Waals surface area contributed by atoms with Gasteiger partial charge in [0.15, 0.2) is 0 Å². The van der Waals surface area contributed by atoms with Gasteiger partial charge in [-0.05, 0) is 29.4 Å². The predicted octanol–water partition coefficient (Wildman–Crippen LogP) is 4.03. The van der Waals surface area contributed by atoms with E-state index in [1.807, 2.05) is 24.3 Å². The molecule has 0 spiro atoms. The molecule has 1 atom stereocenters. The number of aromatic hydroxyl groups is 1. The van der Waals surface area contributed by atoms with Crippen LogP contribution >= 0.6 is 0 Å². The molecule has 1 saturated heterocycles. The van der Waals surface area contributed by atoms with Crippen LogP contribution in [0.3, 0.4) is 0 Å². The van der Waals surface area contributed by atoms with Crippen molar-refractivity contribution < 1.29 is 5.11 Å². The second-order valence-corrected chi connectivity index (χ2v) is 6.94. The van der Waals surface area contributed by atoms with E-state index in [2.05, 4.69) is 59.3 Å². The fourth-order valence-corrected chi connectivity index (χ4v) is 3.83. The van der Waals surface area contributed by atoms with Crippen LogP contribution in [0.1, 0.15) is 17.2 Å². The molecule has 3 aromatic carbocycles. The van der Waals surface area contributed by atoms with Crippen LogP contribution in [0.4, 0.5) is 0 Å². The highest BCUT2D eigenvalue weighted by molar-refractivity contribution is 5.87. The summed E-state index contributed by atoms with van der Waals surface area (Å²) in [5.41, 5.74) is 2.37. The maximum absolute atomic E-state index is 10.5. The van der Waals surface area contributed by atoms with E-state index in [4.69, 9.17) is 0 Å². The van der Waals surface area contributed by atoms with Crippen molar-refractivity contribution in [3.63, 3.8) is 0 Å². The number of nitrogens with zero attached hydrogens (tertiary/aromatic N) is 2. The molecular weight excluding hydrogens is 308 g/mol. The van der Waals surface area contributed by atoms with E-state index >= 15 is 0 Å². The van der Waals surface area contributed by atoms with E-state index in [9.17, 15) is 5.11 Å². The van der Waals surface area contributed by atoms with Crippen LogP contribution in [0.25, 0.3) is 10.8 Å². The lowest BCUT2D eigenvalue weighted by molar-refractivity contribution is 0.0831. The Morgan fingerprint density at radius 1 is 0.920 bits per heavy atom. The minimum absolute atomic E-state index is 0.346. The number of phenols is 1. The Morgan fingerprint density at radius 3 is 2.52 bits per heavy atom. The standard InChI is InChI=1S/C22H24N2O/c1-23-13-14-24(21(16-23)18-8-3-2-4-9-18)15-20-19-10-6-5-7-17(19)11-12-22(20)25/h2-12,21,25H,13-16H2,1H3. The Balaban J connectivity index is 1.70. The first kappa shape index (κ1) is 16.1. The molecule has 1 N–H and O–H groups in total. The summed E-state index contributed by atoms with van der Waals surface area (Å²) >= 11 is 0. The minimum Gasteiger partial charge on any atom is -0.508 e. The lowest BCUT2D eigenvalue weighted by Crippen LogP contribution is -2.46. The number of rotatable bonds is 3. The maximum atomic E-state index is 10.5. The highest BCUT2D eigenvalue weighted by Crippen LogP contribution is 2.32. The molecule has 0 amide bonds. The van der Waals surface area contributed by atoms with Crippen LogP contribution in [-0.2, 0) is 6.54 Å². The highest BCUT2D eigenvalue weighted by atomic mass is 16.3. The number of piperazine rings is 1. The van der Waals surface area contributed by atoms with E-state index in [-0.39, 0.29) is 0 Å². The zero-order chi connectivity index (χ0) is 17.2. The molecule has 1 aliphatic rings. The van der Waals surface area contributed by atoms with Gasteiger partial charge in [0.1, 0.15) is 5.75 Å². The fourth-order valence-electron chi connectivity index (χ4n) is 3.83. The Kier molecular flexibility index (Phi) is 4.43. The molecule has 3 aromatic rings. The van der Waals surface area contributed by atoms with Crippen LogP contribution in [-0.4, -0.2) is 41.6 Å². The average Bonchev–Trinajstić information content (AvgIpc) is 2.66. The predicted molar refractivity (Wildman–Crippen MR) is 103 cm³/mol. The quantitative estimate of drug-likeness (QED) is 0.784. The van der Waals surface area contributed by atoms with Crippen LogP contribution in [0.15, 0.2) is 66.7 Å². The van der Waals surface area contributed by atoms with Crippen molar-refractivity contribution in [2.24, 2.45) is 0 Å². The fraction of sp³-hybridized carbons (Fsp3) is 0.273. The smallest absolute Gasteiger partial charge is 0.120 e. The number of likely N-dealkylation sites (N-methyl/N-ethyl adjacent to an activating group) is 1. The molecule has 1 aliphatic heterocycles. The van der Waals surface area contributed by atoms with Crippen LogP contribution in [0.5, 0.6) is 5.75 Å². The van der Waals surface area contributed by atoms with E-state index in [1.165, 1.54) is 10.9 Å². The summed E-state index contributed by atoms with van der Waals surface area (Å²) in [6.45, 7) is 3.82. The normalized spacial score (nSPS) is 19.3. The molecule has 1 unspecified atom stereocenters. The number of benzene rings is 3. The zero-order valence-electron chi connectivity index (χ0n) is 14.6. The SMILES string of the molecule is CN1CCN(Cc2c(O)ccc3ccccc23)C(c2ccccc2)C1. The topological polar surface area (TPSA) is 26.7 Å². The van der Waals surface area contributed by atoms with Crippen LogP contribution in [0.2, 0.25) is 0 Å². The molecule has 0 aliphatic carbocycles. The van der Waals surface area contributed by atoms with Gasteiger partial charge < -0.3 is 10.0 Å². The van der Waals surface area contributed by atoms with Crippen molar-refractivity contribution in [1.29, 1.82) is 0 Å². The van der Waals surface area contributed by atoms with Gasteiger partial charge in [-0.1, -0.05) is 60.7 Å². The van der Waals surface area contributed by atoms with Crippen molar-refractivity contribution >= 4 is 10.8 Å². The van der Waals surface area contributed by atoms with Gasteiger partial charge in [0.05, 0.1) is 0 Å². The van der Waals surface area contributed by atoms with Gasteiger partial charge >= 0.3 is 0 Å². The lowest BCUT2D eigenvalue weighted by atomic mass is 9.99. The van der Waals surface area contributed by atoms with Crippen LogP contribution < -0.4 is 0 Å². The highest BCUT2D eigenvalue weighted by Gasteiger charge is 2.27. The summed E-state index contributed by atoms with van der Waals surface area (Å²) in [5, 5.41) is 12.8. The molecule has 4 rings (SSSR count). The summed E-state index contributed by atoms with van der Waals surface area (Å²) in [7, 11) is 2.18. The largest absolute Gasteiger partial charge is 0.508 e. The molecule has 128 valence electrons. The lowest BCUT2D eigenvalue weighted by Gasteiger charge is -2.40. The third-order valence-electron chi connectivity index (χ3n) is 5.26. The van der Waals surface area contributed by atoms with Gasteiger partial charge in [-0.2, -0.15) is 0 Å². The van der Waals surface area contributed by atoms with Crippen molar-refractivity contribution in [1.82, 2.24) is 9.80 Å². The third kappa shape index (κ3) is 3.26. The molecular formula is C22H24N2O. The summed E-state index contributed by atoms with van der Waals surface area (Å²) in [4.78, 5) is 4.88. The molecule has 0 bridgehead atoms. The summed E-state index contributed by atoms with van der Waals surface area (Å²) in [6.07, 6.45) is 0. The molecule has 25 heavy (non-hydrogen) atoms. The maximum Gasteiger partial charge on any atom is 0.120 e. The molecule has 3 nitrogen and oxygen atoms in total. The molecule has 3 heteroatoms. The average molecular weight is 332 g/mol. The Bertz CT molecular complexity index is 862. The Morgan fingerprint density at radius 2 is 1.68 bits per heavy atom. The zero-order valence-corrected chi connectivity index (χ0v) is 14.6. The molecule has 1 fully saturated rings. The first-order chi connectivity index (χ1) is 12.2. The van der Waals surface area contributed by atoms with E-state index in [0.29, 0.717) is 11.8 Å². The summed E-state index contributed by atoms with van der Waals surface area (Å²) in [5.74, 6) is 0.393. The van der Waals surface area contributed by atoms with E-state index < -0.39 is 0 Å². The first-order valence-electron chi connectivity index (χ1n) is 8.89. The van der Waals surface area contributed by atoms with Gasteiger partial charge in [0.25, 0.3) is 0 Å². The molecule has 0 radical (unpaired) electrons. The third-order valence-corrected chi connectivity index (χ3v) is 5.26. The van der Waals surface area contributed by atoms with Crippen molar-refractivity contribution in [3.8, 4) is 5.75 Å². The van der Waals surface area contributed by atoms with Gasteiger partial charge in [-0.15, -0.1) is 0 Å². The van der Waals surface area contributed by atoms with Gasteiger partial charge in [0.2, 0.25) is 0 Å². The number of fused-ring (bicyclic) bond motifs is 1. The number of hydrogen-bond acceptors (Lipinski definition) is 3. The summed E-state index contributed by atoms with van der Waals surface area (Å²) < 4.78 is 0. The van der Waals surface area contributed by atoms with Gasteiger partial charge in [0, 0.05) is 37.8 Å². The Hall–Kier alpha value is -2.36. The van der Waals surface area contributed by atoms with Crippen molar-refractivity contribution in [2.75, 3.05) is 26.7 Å². The second kappa shape index (κ2) is 6.87. The minimum atomic E-state index is 0.346. The van der Waals surface area contributed by atoms with Gasteiger partial charge in [-0.3, -0.25) is 4.90 Å². The number of phenolic OH excluding ortho intramolecular Hbond substituents is 1. The first-order valence-corrected chi connectivity index (χ1v) is 8.89. The van der Waals surface area contributed by atoms with Crippen LogP contribution in [0, 0.1) is 0 Å². The molecule has 0 saturated carbocycles.